The van der Waals surface area contributed by atoms with Gasteiger partial charge in [0.15, 0.2) is 0 Å². The van der Waals surface area contributed by atoms with Crippen molar-refractivity contribution >= 4 is 5.69 Å². The Bertz CT molecular complexity index is 577. The van der Waals surface area contributed by atoms with Crippen LogP contribution in [0.15, 0.2) is 54.6 Å². The van der Waals surface area contributed by atoms with E-state index in [9.17, 15) is 0 Å². The average molecular weight is 266 g/mol. The molecular formula is C18H22N2. The maximum atomic E-state index is 2.52. The van der Waals surface area contributed by atoms with Crippen LogP contribution < -0.4 is 4.90 Å². The van der Waals surface area contributed by atoms with Crippen molar-refractivity contribution in [2.24, 2.45) is 0 Å². The Balaban J connectivity index is 2.10. The first-order valence-corrected chi connectivity index (χ1v) is 7.30. The third-order valence-corrected chi connectivity index (χ3v) is 4.02. The molecular weight excluding hydrogens is 244 g/mol. The van der Waals surface area contributed by atoms with E-state index in [-0.39, 0.29) is 0 Å². The third kappa shape index (κ3) is 2.20. The van der Waals surface area contributed by atoms with Crippen molar-refractivity contribution in [3.8, 4) is 0 Å². The summed E-state index contributed by atoms with van der Waals surface area (Å²) in [6.45, 7) is 5.54. The number of hydrogen-bond acceptors (Lipinski definition) is 2. The fourth-order valence-corrected chi connectivity index (χ4v) is 3.20. The number of nitrogens with zero attached hydrogens (tertiary/aromatic N) is 2. The van der Waals surface area contributed by atoms with Crippen LogP contribution in [0.5, 0.6) is 0 Å². The topological polar surface area (TPSA) is 6.48 Å². The van der Waals surface area contributed by atoms with Crippen LogP contribution in [0.25, 0.3) is 0 Å². The van der Waals surface area contributed by atoms with Crippen molar-refractivity contribution < 1.29 is 0 Å². The summed E-state index contributed by atoms with van der Waals surface area (Å²) in [7, 11) is 2.21. The summed E-state index contributed by atoms with van der Waals surface area (Å²) in [5, 5.41) is 0. The zero-order valence-corrected chi connectivity index (χ0v) is 12.5. The molecule has 2 aromatic carbocycles. The summed E-state index contributed by atoms with van der Waals surface area (Å²) in [6, 6.07) is 20.0. The van der Waals surface area contributed by atoms with Crippen molar-refractivity contribution in [3.05, 3.63) is 65.7 Å². The lowest BCUT2D eigenvalue weighted by Crippen LogP contribution is -2.47. The molecule has 20 heavy (non-hydrogen) atoms. The molecule has 2 heteroatoms. The molecule has 2 aromatic rings. The van der Waals surface area contributed by atoms with E-state index in [0.717, 1.165) is 6.54 Å². The fourth-order valence-electron chi connectivity index (χ4n) is 3.20. The molecule has 0 spiro atoms. The summed E-state index contributed by atoms with van der Waals surface area (Å²) in [5.41, 5.74) is 4.14. The molecule has 0 amide bonds. The summed E-state index contributed by atoms with van der Waals surface area (Å²) in [5.74, 6) is 0. The smallest absolute Gasteiger partial charge is 0.109 e. The minimum Gasteiger partial charge on any atom is -0.349 e. The molecule has 1 aliphatic heterocycles. The van der Waals surface area contributed by atoms with Crippen LogP contribution in [0.1, 0.15) is 31.1 Å². The van der Waals surface area contributed by atoms with Crippen LogP contribution in [0.2, 0.25) is 0 Å². The Kier molecular flexibility index (Phi) is 3.49. The predicted octanol–water partition coefficient (Wildman–Crippen LogP) is 4.05. The first-order chi connectivity index (χ1) is 9.68. The van der Waals surface area contributed by atoms with Crippen molar-refractivity contribution in [1.29, 1.82) is 0 Å². The molecule has 2 nitrogen and oxygen atoms in total. The molecule has 1 aliphatic rings. The molecule has 0 fully saturated rings. The lowest BCUT2D eigenvalue weighted by atomic mass is 10.0. The molecule has 0 saturated carbocycles. The molecule has 1 heterocycles. The minimum absolute atomic E-state index is 0.311. The van der Waals surface area contributed by atoms with Gasteiger partial charge in [0, 0.05) is 18.3 Å². The first-order valence-electron chi connectivity index (χ1n) is 7.30. The molecule has 0 saturated heterocycles. The van der Waals surface area contributed by atoms with Crippen molar-refractivity contribution in [3.63, 3.8) is 0 Å². The van der Waals surface area contributed by atoms with E-state index in [0.29, 0.717) is 12.2 Å². The normalized spacial score (nSPS) is 19.2. The molecule has 0 radical (unpaired) electrons. The summed E-state index contributed by atoms with van der Waals surface area (Å²) < 4.78 is 0. The van der Waals surface area contributed by atoms with Gasteiger partial charge < -0.3 is 4.90 Å². The highest BCUT2D eigenvalue weighted by Gasteiger charge is 2.32. The maximum absolute atomic E-state index is 2.52. The van der Waals surface area contributed by atoms with Gasteiger partial charge in [-0.05, 0) is 38.1 Å². The van der Waals surface area contributed by atoms with E-state index in [2.05, 4.69) is 85.3 Å². The van der Waals surface area contributed by atoms with Gasteiger partial charge in [-0.25, -0.2) is 0 Å². The van der Waals surface area contributed by atoms with E-state index in [1.165, 1.54) is 16.8 Å². The standard InChI is InChI=1S/C18H22N2/c1-14(2)20-17-12-8-7-11-16(17)13-19(3)18(20)15-9-5-4-6-10-15/h4-12,14,18H,13H2,1-3H3. The lowest BCUT2D eigenvalue weighted by Gasteiger charge is -2.47. The zero-order valence-electron chi connectivity index (χ0n) is 12.5. The average Bonchev–Trinajstić information content (AvgIpc) is 2.46. The highest BCUT2D eigenvalue weighted by Crippen LogP contribution is 2.39. The van der Waals surface area contributed by atoms with E-state index in [4.69, 9.17) is 0 Å². The third-order valence-electron chi connectivity index (χ3n) is 4.02. The summed E-state index contributed by atoms with van der Waals surface area (Å²) in [6.07, 6.45) is 0.311. The van der Waals surface area contributed by atoms with Crippen LogP contribution in [0, 0.1) is 0 Å². The number of rotatable bonds is 2. The quantitative estimate of drug-likeness (QED) is 0.809. The number of fused-ring (bicyclic) bond motifs is 1. The second-order valence-electron chi connectivity index (χ2n) is 5.83. The van der Waals surface area contributed by atoms with Crippen LogP contribution in [0.3, 0.4) is 0 Å². The fraction of sp³-hybridized carbons (Fsp3) is 0.333. The maximum Gasteiger partial charge on any atom is 0.109 e. The van der Waals surface area contributed by atoms with E-state index >= 15 is 0 Å². The number of benzene rings is 2. The molecule has 0 bridgehead atoms. The van der Waals surface area contributed by atoms with Crippen LogP contribution in [-0.4, -0.2) is 18.0 Å². The van der Waals surface area contributed by atoms with Gasteiger partial charge in [-0.2, -0.15) is 0 Å². The molecule has 0 aliphatic carbocycles. The van der Waals surface area contributed by atoms with E-state index < -0.39 is 0 Å². The van der Waals surface area contributed by atoms with Crippen molar-refractivity contribution in [2.45, 2.75) is 32.6 Å². The van der Waals surface area contributed by atoms with Crippen LogP contribution in [0.4, 0.5) is 5.69 Å². The Hall–Kier alpha value is -1.80. The van der Waals surface area contributed by atoms with E-state index in [1.807, 2.05) is 0 Å². The predicted molar refractivity (Wildman–Crippen MR) is 84.7 cm³/mol. The second kappa shape index (κ2) is 5.29. The molecule has 1 unspecified atom stereocenters. The second-order valence-corrected chi connectivity index (χ2v) is 5.83. The van der Waals surface area contributed by atoms with Gasteiger partial charge in [0.1, 0.15) is 6.17 Å². The zero-order chi connectivity index (χ0) is 14.1. The SMILES string of the molecule is CC(C)N1c2ccccc2CN(C)C1c1ccccc1. The highest BCUT2D eigenvalue weighted by atomic mass is 15.4. The lowest BCUT2D eigenvalue weighted by molar-refractivity contribution is 0.205. The van der Waals surface area contributed by atoms with Crippen LogP contribution in [-0.2, 0) is 6.54 Å². The van der Waals surface area contributed by atoms with Crippen molar-refractivity contribution in [1.82, 2.24) is 4.90 Å². The highest BCUT2D eigenvalue weighted by molar-refractivity contribution is 5.57. The summed E-state index contributed by atoms with van der Waals surface area (Å²) in [4.78, 5) is 4.95. The monoisotopic (exact) mass is 266 g/mol. The number of anilines is 1. The Labute approximate surface area is 121 Å². The Morgan fingerprint density at radius 2 is 1.60 bits per heavy atom. The van der Waals surface area contributed by atoms with Gasteiger partial charge in [0.25, 0.3) is 0 Å². The first kappa shape index (κ1) is 13.2. The number of hydrogen-bond donors (Lipinski definition) is 0. The molecule has 1 atom stereocenters. The van der Waals surface area contributed by atoms with Crippen LogP contribution >= 0.6 is 0 Å². The van der Waals surface area contributed by atoms with Gasteiger partial charge in [0.2, 0.25) is 0 Å². The van der Waals surface area contributed by atoms with Gasteiger partial charge >= 0.3 is 0 Å². The van der Waals surface area contributed by atoms with Gasteiger partial charge in [0.05, 0.1) is 0 Å². The number of para-hydroxylation sites is 1. The molecule has 3 rings (SSSR count). The van der Waals surface area contributed by atoms with Gasteiger partial charge in [-0.3, -0.25) is 4.90 Å². The Morgan fingerprint density at radius 3 is 2.30 bits per heavy atom. The van der Waals surface area contributed by atoms with Gasteiger partial charge in [-0.15, -0.1) is 0 Å². The molecule has 0 N–H and O–H groups in total. The van der Waals surface area contributed by atoms with Crippen molar-refractivity contribution in [2.75, 3.05) is 11.9 Å². The van der Waals surface area contributed by atoms with Gasteiger partial charge in [-0.1, -0.05) is 48.5 Å². The molecule has 104 valence electrons. The summed E-state index contributed by atoms with van der Waals surface area (Å²) >= 11 is 0. The Morgan fingerprint density at radius 1 is 0.950 bits per heavy atom. The minimum atomic E-state index is 0.311. The largest absolute Gasteiger partial charge is 0.349 e. The molecule has 0 aromatic heterocycles. The van der Waals surface area contributed by atoms with E-state index in [1.54, 1.807) is 0 Å².